The average Bonchev–Trinajstić information content (AvgIpc) is 2.93. The first-order chi connectivity index (χ1) is 11.0. The van der Waals surface area contributed by atoms with Crippen molar-refractivity contribution >= 4 is 11.6 Å². The van der Waals surface area contributed by atoms with E-state index in [-0.39, 0.29) is 23.6 Å². The number of rotatable bonds is 7. The number of amides is 1. The van der Waals surface area contributed by atoms with E-state index < -0.39 is 10.8 Å². The number of aryl methyl sites for hydroxylation is 1. The lowest BCUT2D eigenvalue weighted by molar-refractivity contribution is -0.385. The van der Waals surface area contributed by atoms with Crippen LogP contribution in [-0.4, -0.2) is 32.6 Å². The Hall–Kier alpha value is -2.97. The number of pyridine rings is 1. The number of aromatic nitrogens is 3. The highest BCUT2D eigenvalue weighted by Crippen LogP contribution is 2.20. The van der Waals surface area contributed by atoms with E-state index in [1.807, 2.05) is 6.92 Å². The van der Waals surface area contributed by atoms with E-state index in [1.54, 1.807) is 18.3 Å². The first-order valence-electron chi connectivity index (χ1n) is 7.08. The average molecular weight is 319 g/mol. The molecular formula is C14H17N5O4. The molecule has 0 aromatic carbocycles. The van der Waals surface area contributed by atoms with Crippen molar-refractivity contribution in [2.75, 3.05) is 6.61 Å². The third-order valence-electron chi connectivity index (χ3n) is 3.04. The Bertz CT molecular complexity index is 713. The largest absolute Gasteiger partial charge is 0.477 e. The van der Waals surface area contributed by atoms with Gasteiger partial charge in [-0.25, -0.2) is 4.98 Å². The van der Waals surface area contributed by atoms with Crippen molar-refractivity contribution in [1.82, 2.24) is 20.5 Å². The van der Waals surface area contributed by atoms with Gasteiger partial charge in [0.05, 0.1) is 11.5 Å². The predicted molar refractivity (Wildman–Crippen MR) is 81.2 cm³/mol. The van der Waals surface area contributed by atoms with Gasteiger partial charge in [0, 0.05) is 18.3 Å². The van der Waals surface area contributed by atoms with Crippen LogP contribution in [0.25, 0.3) is 0 Å². The third-order valence-corrected chi connectivity index (χ3v) is 3.04. The summed E-state index contributed by atoms with van der Waals surface area (Å²) >= 11 is 0. The fourth-order valence-electron chi connectivity index (χ4n) is 1.95. The maximum atomic E-state index is 12.1. The van der Waals surface area contributed by atoms with Gasteiger partial charge >= 0.3 is 5.69 Å². The fourth-order valence-corrected chi connectivity index (χ4v) is 1.95. The summed E-state index contributed by atoms with van der Waals surface area (Å²) in [5, 5.41) is 19.7. The Balaban J connectivity index is 2.10. The Morgan fingerprint density at radius 3 is 3.00 bits per heavy atom. The van der Waals surface area contributed by atoms with Crippen LogP contribution in [0.4, 0.5) is 5.69 Å². The van der Waals surface area contributed by atoms with Gasteiger partial charge in [-0.15, -0.1) is 0 Å². The lowest BCUT2D eigenvalue weighted by Crippen LogP contribution is -2.24. The van der Waals surface area contributed by atoms with Crippen molar-refractivity contribution in [2.45, 2.75) is 26.8 Å². The maximum Gasteiger partial charge on any atom is 0.322 e. The normalized spacial score (nSPS) is 10.3. The molecule has 0 unspecified atom stereocenters. The Morgan fingerprint density at radius 1 is 1.52 bits per heavy atom. The molecule has 122 valence electrons. The van der Waals surface area contributed by atoms with Gasteiger partial charge in [-0.2, -0.15) is 5.10 Å². The zero-order valence-corrected chi connectivity index (χ0v) is 12.8. The molecule has 0 atom stereocenters. The number of aromatic amines is 1. The van der Waals surface area contributed by atoms with E-state index in [0.717, 1.165) is 6.42 Å². The summed E-state index contributed by atoms with van der Waals surface area (Å²) < 4.78 is 5.50. The van der Waals surface area contributed by atoms with Gasteiger partial charge in [0.1, 0.15) is 5.69 Å². The van der Waals surface area contributed by atoms with Crippen LogP contribution in [0.3, 0.4) is 0 Å². The number of hydrogen-bond acceptors (Lipinski definition) is 6. The van der Waals surface area contributed by atoms with Crippen molar-refractivity contribution in [3.8, 4) is 5.88 Å². The third kappa shape index (κ3) is 3.82. The summed E-state index contributed by atoms with van der Waals surface area (Å²) in [5.74, 6) is -0.200. The molecule has 2 aromatic heterocycles. The number of hydrogen-bond donors (Lipinski definition) is 2. The number of H-pyrrole nitrogens is 1. The van der Waals surface area contributed by atoms with Crippen molar-refractivity contribution in [1.29, 1.82) is 0 Å². The second kappa shape index (κ2) is 7.34. The molecule has 2 aromatic rings. The summed E-state index contributed by atoms with van der Waals surface area (Å²) in [5.41, 5.74) is 0.348. The van der Waals surface area contributed by atoms with Crippen LogP contribution in [0.15, 0.2) is 18.3 Å². The topological polar surface area (TPSA) is 123 Å². The molecule has 0 aliphatic heterocycles. The van der Waals surface area contributed by atoms with Crippen LogP contribution in [0.1, 0.15) is 35.1 Å². The number of ether oxygens (including phenoxy) is 1. The van der Waals surface area contributed by atoms with E-state index in [1.165, 1.54) is 6.92 Å². The molecule has 23 heavy (non-hydrogen) atoms. The number of nitrogens with zero attached hydrogens (tertiary/aromatic N) is 3. The summed E-state index contributed by atoms with van der Waals surface area (Å²) in [6.45, 7) is 4.11. The number of nitrogens with one attached hydrogen (secondary N) is 2. The highest BCUT2D eigenvalue weighted by molar-refractivity contribution is 5.96. The van der Waals surface area contributed by atoms with Gasteiger partial charge in [0.15, 0.2) is 0 Å². The predicted octanol–water partition coefficient (Wildman–Crippen LogP) is 1.74. The summed E-state index contributed by atoms with van der Waals surface area (Å²) in [6, 6.07) is 3.49. The standard InChI is InChI=1S/C14H17N5O4/c1-3-7-23-14-10(5-4-6-15-14)8-16-13(20)11-12(19(21)22)9(2)17-18-11/h4-6H,3,7-8H2,1-2H3,(H,16,20)(H,17,18). The van der Waals surface area contributed by atoms with Crippen LogP contribution in [-0.2, 0) is 6.54 Å². The second-order valence-corrected chi connectivity index (χ2v) is 4.80. The van der Waals surface area contributed by atoms with E-state index >= 15 is 0 Å². The lowest BCUT2D eigenvalue weighted by Gasteiger charge is -2.09. The van der Waals surface area contributed by atoms with E-state index in [2.05, 4.69) is 20.5 Å². The van der Waals surface area contributed by atoms with E-state index in [9.17, 15) is 14.9 Å². The molecule has 0 saturated carbocycles. The van der Waals surface area contributed by atoms with Gasteiger partial charge in [-0.1, -0.05) is 13.0 Å². The molecule has 2 N–H and O–H groups in total. The van der Waals surface area contributed by atoms with Crippen molar-refractivity contribution in [2.24, 2.45) is 0 Å². The van der Waals surface area contributed by atoms with Gasteiger partial charge in [0.2, 0.25) is 11.6 Å². The monoisotopic (exact) mass is 319 g/mol. The van der Waals surface area contributed by atoms with Gasteiger partial charge < -0.3 is 10.1 Å². The molecule has 0 aliphatic carbocycles. The first-order valence-corrected chi connectivity index (χ1v) is 7.08. The Kier molecular flexibility index (Phi) is 5.23. The van der Waals surface area contributed by atoms with E-state index in [4.69, 9.17) is 4.74 Å². The molecule has 2 heterocycles. The van der Waals surface area contributed by atoms with Crippen LogP contribution >= 0.6 is 0 Å². The number of carbonyl (C=O) groups excluding carboxylic acids is 1. The smallest absolute Gasteiger partial charge is 0.322 e. The Labute approximate surface area is 132 Å². The molecule has 0 saturated heterocycles. The van der Waals surface area contributed by atoms with Crippen LogP contribution in [0, 0.1) is 17.0 Å². The molecule has 9 nitrogen and oxygen atoms in total. The minimum atomic E-state index is -0.633. The highest BCUT2D eigenvalue weighted by atomic mass is 16.6. The SMILES string of the molecule is CCCOc1ncccc1CNC(=O)c1n[nH]c(C)c1[N+](=O)[O-]. The van der Waals surface area contributed by atoms with Gasteiger partial charge in [0.25, 0.3) is 5.91 Å². The summed E-state index contributed by atoms with van der Waals surface area (Å²) in [7, 11) is 0. The lowest BCUT2D eigenvalue weighted by atomic mass is 10.2. The number of nitro groups is 1. The minimum absolute atomic E-state index is 0.134. The fraction of sp³-hybridized carbons (Fsp3) is 0.357. The maximum absolute atomic E-state index is 12.1. The molecule has 0 fully saturated rings. The zero-order valence-electron chi connectivity index (χ0n) is 12.8. The minimum Gasteiger partial charge on any atom is -0.477 e. The number of carbonyl (C=O) groups is 1. The molecular weight excluding hydrogens is 302 g/mol. The van der Waals surface area contributed by atoms with Crippen LogP contribution in [0.2, 0.25) is 0 Å². The molecule has 0 spiro atoms. The highest BCUT2D eigenvalue weighted by Gasteiger charge is 2.27. The molecule has 9 heteroatoms. The second-order valence-electron chi connectivity index (χ2n) is 4.80. The zero-order chi connectivity index (χ0) is 16.8. The molecule has 0 bridgehead atoms. The molecule has 0 aliphatic rings. The summed E-state index contributed by atoms with van der Waals surface area (Å²) in [6.07, 6.45) is 2.43. The molecule has 0 radical (unpaired) electrons. The van der Waals surface area contributed by atoms with Crippen LogP contribution < -0.4 is 10.1 Å². The molecule has 2 rings (SSSR count). The van der Waals surface area contributed by atoms with Crippen molar-refractivity contribution < 1.29 is 14.5 Å². The van der Waals surface area contributed by atoms with Crippen molar-refractivity contribution in [3.05, 3.63) is 45.4 Å². The summed E-state index contributed by atoms with van der Waals surface area (Å²) in [4.78, 5) is 26.6. The van der Waals surface area contributed by atoms with Crippen molar-refractivity contribution in [3.63, 3.8) is 0 Å². The quantitative estimate of drug-likeness (QED) is 0.592. The van der Waals surface area contributed by atoms with E-state index in [0.29, 0.717) is 18.1 Å². The van der Waals surface area contributed by atoms with Gasteiger partial charge in [-0.3, -0.25) is 20.0 Å². The van der Waals surface area contributed by atoms with Crippen LogP contribution in [0.5, 0.6) is 5.88 Å². The first kappa shape index (κ1) is 16.4. The Morgan fingerprint density at radius 2 is 2.30 bits per heavy atom. The molecule has 1 amide bonds. The van der Waals surface area contributed by atoms with Gasteiger partial charge in [-0.05, 0) is 19.4 Å².